The van der Waals surface area contributed by atoms with Gasteiger partial charge in [0.15, 0.2) is 17.3 Å². The molecule has 2 aromatic rings. The van der Waals surface area contributed by atoms with Crippen LogP contribution in [0.3, 0.4) is 0 Å². The minimum atomic E-state index is 0.249. The molecule has 0 unspecified atom stereocenters. The van der Waals surface area contributed by atoms with E-state index < -0.39 is 0 Å². The summed E-state index contributed by atoms with van der Waals surface area (Å²) >= 11 is 0. The number of allylic oxidation sites excluding steroid dienone is 2. The molecule has 0 radical (unpaired) electrons. The van der Waals surface area contributed by atoms with Crippen molar-refractivity contribution in [2.45, 2.75) is 57.5 Å². The number of benzene rings is 2. The second-order valence-corrected chi connectivity index (χ2v) is 7.91. The van der Waals surface area contributed by atoms with Crippen molar-refractivity contribution in [2.75, 3.05) is 12.4 Å². The molecule has 29 heavy (non-hydrogen) atoms. The summed E-state index contributed by atoms with van der Waals surface area (Å²) in [6.45, 7) is 0. The third-order valence-corrected chi connectivity index (χ3v) is 5.81. The minimum absolute atomic E-state index is 0.249. The molecule has 0 saturated heterocycles. The third kappa shape index (κ3) is 4.81. The largest absolute Gasteiger partial charge is 0.493 e. The Labute approximate surface area is 172 Å². The van der Waals surface area contributed by atoms with E-state index in [-0.39, 0.29) is 11.9 Å². The lowest BCUT2D eigenvalue weighted by Crippen LogP contribution is -2.18. The van der Waals surface area contributed by atoms with Crippen LogP contribution in [0.4, 0.5) is 5.69 Å². The molecular formula is C25H29NO3. The van der Waals surface area contributed by atoms with Gasteiger partial charge in [0.1, 0.15) is 0 Å². The van der Waals surface area contributed by atoms with E-state index in [0.29, 0.717) is 12.8 Å². The van der Waals surface area contributed by atoms with Gasteiger partial charge in [-0.05, 0) is 56.2 Å². The molecule has 152 valence electrons. The fraction of sp³-hybridized carbons (Fsp3) is 0.400. The number of nitrogens with one attached hydrogen (secondary N) is 1. The van der Waals surface area contributed by atoms with Crippen molar-refractivity contribution in [1.29, 1.82) is 0 Å². The predicted molar refractivity (Wildman–Crippen MR) is 116 cm³/mol. The molecule has 0 spiro atoms. The lowest BCUT2D eigenvalue weighted by atomic mass is 9.90. The number of rotatable bonds is 7. The van der Waals surface area contributed by atoms with E-state index in [1.54, 1.807) is 7.11 Å². The molecule has 2 aliphatic rings. The lowest BCUT2D eigenvalue weighted by molar-refractivity contribution is -0.116. The van der Waals surface area contributed by atoms with E-state index in [4.69, 9.17) is 9.47 Å². The number of carbonyl (C=O) groups excluding carboxylic acids is 1. The summed E-state index contributed by atoms with van der Waals surface area (Å²) in [6.07, 6.45) is 7.99. The fourth-order valence-electron chi connectivity index (χ4n) is 4.25. The monoisotopic (exact) mass is 391 g/mol. The number of carbonyl (C=O) groups is 1. The van der Waals surface area contributed by atoms with Gasteiger partial charge in [-0.1, -0.05) is 30.3 Å². The first-order valence-electron chi connectivity index (χ1n) is 10.6. The Bertz CT molecular complexity index is 882. The van der Waals surface area contributed by atoms with E-state index in [0.717, 1.165) is 59.7 Å². The zero-order valence-corrected chi connectivity index (χ0v) is 17.1. The second kappa shape index (κ2) is 9.17. The SMILES string of the molecule is COc1ccc(NC2=C(Cc3ccccc3)C(=O)CCC2)cc1OC1CCCC1. The van der Waals surface area contributed by atoms with Gasteiger partial charge in [-0.15, -0.1) is 0 Å². The molecule has 0 aliphatic heterocycles. The summed E-state index contributed by atoms with van der Waals surface area (Å²) < 4.78 is 11.7. The third-order valence-electron chi connectivity index (χ3n) is 5.81. The quantitative estimate of drug-likeness (QED) is 0.660. The molecule has 2 aromatic carbocycles. The Balaban J connectivity index is 1.58. The van der Waals surface area contributed by atoms with E-state index in [2.05, 4.69) is 17.4 Å². The number of Topliss-reactive ketones (excluding diaryl/α,β-unsaturated/α-hetero) is 1. The summed E-state index contributed by atoms with van der Waals surface area (Å²) in [7, 11) is 1.67. The molecule has 4 rings (SSSR count). The lowest BCUT2D eigenvalue weighted by Gasteiger charge is -2.22. The molecular weight excluding hydrogens is 362 g/mol. The fourth-order valence-corrected chi connectivity index (χ4v) is 4.25. The molecule has 0 amide bonds. The van der Waals surface area contributed by atoms with Gasteiger partial charge < -0.3 is 14.8 Å². The zero-order chi connectivity index (χ0) is 20.1. The van der Waals surface area contributed by atoms with Crippen molar-refractivity contribution >= 4 is 11.5 Å². The number of hydrogen-bond donors (Lipinski definition) is 1. The smallest absolute Gasteiger partial charge is 0.163 e. The van der Waals surface area contributed by atoms with Crippen LogP contribution < -0.4 is 14.8 Å². The molecule has 4 nitrogen and oxygen atoms in total. The van der Waals surface area contributed by atoms with Crippen LogP contribution in [-0.4, -0.2) is 19.0 Å². The van der Waals surface area contributed by atoms with Crippen molar-refractivity contribution in [2.24, 2.45) is 0 Å². The molecule has 4 heteroatoms. The van der Waals surface area contributed by atoms with Crippen LogP contribution in [0.15, 0.2) is 59.8 Å². The average Bonchev–Trinajstić information content (AvgIpc) is 3.25. The van der Waals surface area contributed by atoms with Gasteiger partial charge in [0, 0.05) is 35.9 Å². The highest BCUT2D eigenvalue weighted by molar-refractivity contribution is 5.97. The Morgan fingerprint density at radius 3 is 2.52 bits per heavy atom. The average molecular weight is 392 g/mol. The standard InChI is InChI=1S/C25H29NO3/c1-28-24-15-14-19(17-25(24)29-20-10-5-6-11-20)26-22-12-7-13-23(27)21(22)16-18-8-3-2-4-9-18/h2-4,8-9,14-15,17,20,26H,5-7,10-13,16H2,1H3. The summed E-state index contributed by atoms with van der Waals surface area (Å²) in [5.74, 6) is 1.77. The summed E-state index contributed by atoms with van der Waals surface area (Å²) in [4.78, 5) is 12.7. The highest BCUT2D eigenvalue weighted by Crippen LogP contribution is 2.35. The molecule has 0 aromatic heterocycles. The summed E-state index contributed by atoms with van der Waals surface area (Å²) in [6, 6.07) is 16.1. The number of ketones is 1. The Kier molecular flexibility index (Phi) is 6.18. The maximum absolute atomic E-state index is 12.7. The summed E-state index contributed by atoms with van der Waals surface area (Å²) in [5.41, 5.74) is 4.03. The first-order valence-corrected chi connectivity index (χ1v) is 10.6. The molecule has 1 N–H and O–H groups in total. The van der Waals surface area contributed by atoms with Crippen LogP contribution in [0.25, 0.3) is 0 Å². The van der Waals surface area contributed by atoms with Gasteiger partial charge in [0.25, 0.3) is 0 Å². The maximum Gasteiger partial charge on any atom is 0.163 e. The molecule has 1 saturated carbocycles. The van der Waals surface area contributed by atoms with Crippen molar-refractivity contribution in [3.05, 3.63) is 65.4 Å². The highest BCUT2D eigenvalue weighted by Gasteiger charge is 2.22. The number of anilines is 1. The van der Waals surface area contributed by atoms with Crippen molar-refractivity contribution in [1.82, 2.24) is 0 Å². The topological polar surface area (TPSA) is 47.6 Å². The summed E-state index contributed by atoms with van der Waals surface area (Å²) in [5, 5.41) is 3.52. The minimum Gasteiger partial charge on any atom is -0.493 e. The van der Waals surface area contributed by atoms with E-state index in [1.807, 2.05) is 36.4 Å². The van der Waals surface area contributed by atoms with Crippen LogP contribution in [0.2, 0.25) is 0 Å². The maximum atomic E-state index is 12.7. The van der Waals surface area contributed by atoms with Crippen LogP contribution in [0, 0.1) is 0 Å². The first kappa shape index (κ1) is 19.6. The van der Waals surface area contributed by atoms with E-state index in [1.165, 1.54) is 12.8 Å². The number of ether oxygens (including phenoxy) is 2. The zero-order valence-electron chi connectivity index (χ0n) is 17.1. The van der Waals surface area contributed by atoms with E-state index in [9.17, 15) is 4.79 Å². The number of hydrogen-bond acceptors (Lipinski definition) is 4. The molecule has 1 fully saturated rings. The van der Waals surface area contributed by atoms with Crippen LogP contribution in [-0.2, 0) is 11.2 Å². The van der Waals surface area contributed by atoms with Gasteiger partial charge in [-0.3, -0.25) is 4.79 Å². The molecule has 0 heterocycles. The van der Waals surface area contributed by atoms with Crippen LogP contribution >= 0.6 is 0 Å². The molecule has 0 bridgehead atoms. The number of methoxy groups -OCH3 is 1. The van der Waals surface area contributed by atoms with Crippen molar-refractivity contribution < 1.29 is 14.3 Å². The van der Waals surface area contributed by atoms with Gasteiger partial charge in [0.05, 0.1) is 13.2 Å². The Morgan fingerprint density at radius 1 is 0.966 bits per heavy atom. The normalized spacial score (nSPS) is 17.5. The van der Waals surface area contributed by atoms with Gasteiger partial charge >= 0.3 is 0 Å². The predicted octanol–water partition coefficient (Wildman–Crippen LogP) is 5.68. The Hall–Kier alpha value is -2.75. The van der Waals surface area contributed by atoms with Gasteiger partial charge in [-0.2, -0.15) is 0 Å². The van der Waals surface area contributed by atoms with Crippen molar-refractivity contribution in [3.63, 3.8) is 0 Å². The van der Waals surface area contributed by atoms with E-state index >= 15 is 0 Å². The first-order chi connectivity index (χ1) is 14.2. The van der Waals surface area contributed by atoms with Crippen LogP contribution in [0.1, 0.15) is 50.5 Å². The molecule has 2 aliphatic carbocycles. The van der Waals surface area contributed by atoms with Gasteiger partial charge in [0.2, 0.25) is 0 Å². The van der Waals surface area contributed by atoms with Gasteiger partial charge in [-0.25, -0.2) is 0 Å². The molecule has 0 atom stereocenters. The Morgan fingerprint density at radius 2 is 1.76 bits per heavy atom. The highest BCUT2D eigenvalue weighted by atomic mass is 16.5. The van der Waals surface area contributed by atoms with Crippen molar-refractivity contribution in [3.8, 4) is 11.5 Å². The second-order valence-electron chi connectivity index (χ2n) is 7.91. The van der Waals surface area contributed by atoms with Crippen LogP contribution in [0.5, 0.6) is 11.5 Å².